The Balaban J connectivity index is 2.06. The van der Waals surface area contributed by atoms with Gasteiger partial charge >= 0.3 is 5.97 Å². The van der Waals surface area contributed by atoms with Gasteiger partial charge in [-0.05, 0) is 19.4 Å². The Hall–Kier alpha value is -2.17. The van der Waals surface area contributed by atoms with Gasteiger partial charge in [-0.15, -0.1) is 0 Å². The van der Waals surface area contributed by atoms with Crippen LogP contribution in [0.15, 0.2) is 35.5 Å². The zero-order valence-corrected chi connectivity index (χ0v) is 12.3. The van der Waals surface area contributed by atoms with Gasteiger partial charge < -0.3 is 9.57 Å². The van der Waals surface area contributed by atoms with Gasteiger partial charge in [-0.25, -0.2) is 0 Å². The van der Waals surface area contributed by atoms with Crippen LogP contribution in [-0.4, -0.2) is 29.7 Å². The average molecular weight is 289 g/mol. The maximum absolute atomic E-state index is 12.0. The molecule has 0 amide bonds. The summed E-state index contributed by atoms with van der Waals surface area (Å²) in [4.78, 5) is 28.9. The number of carbonyl (C=O) groups excluding carboxylic acids is 2. The number of hydrogen-bond acceptors (Lipinski definition) is 5. The van der Waals surface area contributed by atoms with Gasteiger partial charge in [0.2, 0.25) is 5.60 Å². The van der Waals surface area contributed by atoms with Crippen molar-refractivity contribution < 1.29 is 19.2 Å². The zero-order chi connectivity index (χ0) is 15.3. The van der Waals surface area contributed by atoms with Gasteiger partial charge in [0.05, 0.1) is 12.3 Å². The van der Waals surface area contributed by atoms with Gasteiger partial charge in [0.1, 0.15) is 0 Å². The maximum Gasteiger partial charge on any atom is 0.305 e. The highest BCUT2D eigenvalue weighted by Gasteiger charge is 2.44. The first-order chi connectivity index (χ1) is 10.1. The van der Waals surface area contributed by atoms with E-state index < -0.39 is 5.60 Å². The molecule has 1 atom stereocenters. The van der Waals surface area contributed by atoms with Crippen LogP contribution in [0.5, 0.6) is 0 Å². The smallest absolute Gasteiger partial charge is 0.305 e. The number of esters is 1. The highest BCUT2D eigenvalue weighted by Crippen LogP contribution is 2.32. The van der Waals surface area contributed by atoms with Crippen LogP contribution in [0.3, 0.4) is 0 Å². The van der Waals surface area contributed by atoms with E-state index in [1.807, 2.05) is 30.3 Å². The second-order valence-electron chi connectivity index (χ2n) is 5.03. The number of carbonyl (C=O) groups is 2. The third-order valence-corrected chi connectivity index (χ3v) is 3.57. The van der Waals surface area contributed by atoms with E-state index in [9.17, 15) is 9.59 Å². The summed E-state index contributed by atoms with van der Waals surface area (Å²) in [6.45, 7) is 3.55. The first-order valence-corrected chi connectivity index (χ1v) is 7.04. The molecule has 1 aromatic carbocycles. The highest BCUT2D eigenvalue weighted by molar-refractivity contribution is 6.05. The summed E-state index contributed by atoms with van der Waals surface area (Å²) in [6, 6.07) is 9.57. The minimum Gasteiger partial charge on any atom is -0.466 e. The molecule has 1 aliphatic heterocycles. The Morgan fingerprint density at radius 1 is 1.33 bits per heavy atom. The molecule has 0 bridgehead atoms. The number of nitrogens with zero attached hydrogens (tertiary/aromatic N) is 1. The first-order valence-electron chi connectivity index (χ1n) is 7.04. The van der Waals surface area contributed by atoms with Crippen LogP contribution in [0.2, 0.25) is 0 Å². The third-order valence-electron chi connectivity index (χ3n) is 3.57. The summed E-state index contributed by atoms with van der Waals surface area (Å²) in [7, 11) is 0. The van der Waals surface area contributed by atoms with Crippen LogP contribution in [0.4, 0.5) is 0 Å². The molecule has 2 rings (SSSR count). The van der Waals surface area contributed by atoms with Gasteiger partial charge in [-0.3, -0.25) is 9.59 Å². The summed E-state index contributed by atoms with van der Waals surface area (Å²) in [6.07, 6.45) is 0.803. The van der Waals surface area contributed by atoms with Gasteiger partial charge in [-0.2, -0.15) is 0 Å². The number of hydrogen-bond donors (Lipinski definition) is 0. The van der Waals surface area contributed by atoms with Crippen LogP contribution in [0.1, 0.15) is 38.7 Å². The second kappa shape index (κ2) is 6.52. The molecule has 1 heterocycles. The van der Waals surface area contributed by atoms with Crippen molar-refractivity contribution in [2.24, 2.45) is 5.16 Å². The van der Waals surface area contributed by atoms with Crippen LogP contribution >= 0.6 is 0 Å². The maximum atomic E-state index is 12.0. The lowest BCUT2D eigenvalue weighted by atomic mass is 9.87. The number of oxime groups is 1. The van der Waals surface area contributed by atoms with Crippen molar-refractivity contribution in [2.75, 3.05) is 6.61 Å². The Morgan fingerprint density at radius 2 is 2.05 bits per heavy atom. The fourth-order valence-corrected chi connectivity index (χ4v) is 2.30. The van der Waals surface area contributed by atoms with Crippen molar-refractivity contribution in [3.63, 3.8) is 0 Å². The van der Waals surface area contributed by atoms with Crippen LogP contribution in [0.25, 0.3) is 0 Å². The molecule has 0 saturated carbocycles. The normalized spacial score (nSPS) is 20.6. The lowest BCUT2D eigenvalue weighted by Crippen LogP contribution is -2.38. The predicted octanol–water partition coefficient (Wildman–Crippen LogP) is 2.48. The van der Waals surface area contributed by atoms with E-state index in [1.54, 1.807) is 6.92 Å². The van der Waals surface area contributed by atoms with Crippen molar-refractivity contribution in [3.05, 3.63) is 35.9 Å². The summed E-state index contributed by atoms with van der Waals surface area (Å²) >= 11 is 0. The van der Waals surface area contributed by atoms with Crippen molar-refractivity contribution in [1.29, 1.82) is 0 Å². The highest BCUT2D eigenvalue weighted by atomic mass is 16.7. The van der Waals surface area contributed by atoms with Crippen LogP contribution in [-0.2, 0) is 19.2 Å². The van der Waals surface area contributed by atoms with Crippen molar-refractivity contribution in [1.82, 2.24) is 0 Å². The van der Waals surface area contributed by atoms with Crippen molar-refractivity contribution in [3.8, 4) is 0 Å². The van der Waals surface area contributed by atoms with E-state index in [0.29, 0.717) is 13.0 Å². The monoisotopic (exact) mass is 289 g/mol. The predicted molar refractivity (Wildman–Crippen MR) is 78.0 cm³/mol. The number of ether oxygens (including phenoxy) is 1. The summed E-state index contributed by atoms with van der Waals surface area (Å²) in [5.41, 5.74) is 0.615. The molecule has 112 valence electrons. The topological polar surface area (TPSA) is 65.0 Å². The largest absolute Gasteiger partial charge is 0.466 e. The summed E-state index contributed by atoms with van der Waals surface area (Å²) < 4.78 is 4.89. The molecule has 1 aromatic rings. The van der Waals surface area contributed by atoms with Crippen molar-refractivity contribution >= 4 is 17.5 Å². The first kappa shape index (κ1) is 15.2. The second-order valence-corrected chi connectivity index (χ2v) is 5.03. The molecule has 0 aromatic heterocycles. The molecule has 0 aliphatic carbocycles. The number of ketones is 1. The molecular weight excluding hydrogens is 270 g/mol. The molecule has 1 aliphatic rings. The summed E-state index contributed by atoms with van der Waals surface area (Å²) in [5, 5.41) is 4.05. The fraction of sp³-hybridized carbons (Fsp3) is 0.438. The zero-order valence-electron chi connectivity index (χ0n) is 12.3. The molecule has 5 nitrogen and oxygen atoms in total. The van der Waals surface area contributed by atoms with E-state index >= 15 is 0 Å². The molecule has 0 N–H and O–H groups in total. The molecule has 5 heteroatoms. The van der Waals surface area contributed by atoms with Crippen LogP contribution < -0.4 is 0 Å². The van der Waals surface area contributed by atoms with E-state index in [-0.39, 0.29) is 24.6 Å². The molecule has 0 radical (unpaired) electrons. The van der Waals surface area contributed by atoms with Gasteiger partial charge in [0.25, 0.3) is 0 Å². The minimum atomic E-state index is -1.04. The van der Waals surface area contributed by atoms with Gasteiger partial charge in [0.15, 0.2) is 5.78 Å². The Labute approximate surface area is 123 Å². The van der Waals surface area contributed by atoms with E-state index in [2.05, 4.69) is 5.16 Å². The third kappa shape index (κ3) is 3.48. The van der Waals surface area contributed by atoms with E-state index in [4.69, 9.17) is 9.57 Å². The molecular formula is C16H19NO4. The molecule has 1 unspecified atom stereocenters. The van der Waals surface area contributed by atoms with Gasteiger partial charge in [-0.1, -0.05) is 35.5 Å². The minimum absolute atomic E-state index is 0.124. The lowest BCUT2D eigenvalue weighted by molar-refractivity contribution is -0.148. The van der Waals surface area contributed by atoms with E-state index in [1.165, 1.54) is 6.92 Å². The number of rotatable bonds is 6. The molecule has 0 spiro atoms. The number of benzene rings is 1. The standard InChI is InChI=1S/C16H19NO4/c1-3-20-15(19)9-10-16(12(2)18)11-14(17-21-16)13-7-5-4-6-8-13/h4-8H,3,9-11H2,1-2H3. The summed E-state index contributed by atoms with van der Waals surface area (Å²) in [5.74, 6) is -0.448. The SMILES string of the molecule is CCOC(=O)CCC1(C(C)=O)CC(c2ccccc2)=NO1. The fourth-order valence-electron chi connectivity index (χ4n) is 2.30. The molecule has 21 heavy (non-hydrogen) atoms. The average Bonchev–Trinajstić information content (AvgIpc) is 2.92. The Bertz CT molecular complexity index is 553. The van der Waals surface area contributed by atoms with E-state index in [0.717, 1.165) is 11.3 Å². The quantitative estimate of drug-likeness (QED) is 0.755. The van der Waals surface area contributed by atoms with Gasteiger partial charge in [0, 0.05) is 19.3 Å². The number of Topliss-reactive ketones (excluding diaryl/α,β-unsaturated/α-hetero) is 1. The van der Waals surface area contributed by atoms with Crippen LogP contribution in [0, 0.1) is 0 Å². The Kier molecular flexibility index (Phi) is 4.73. The Morgan fingerprint density at radius 3 is 2.67 bits per heavy atom. The molecule has 0 saturated heterocycles. The van der Waals surface area contributed by atoms with Crippen molar-refractivity contribution in [2.45, 2.75) is 38.7 Å². The molecule has 0 fully saturated rings. The lowest BCUT2D eigenvalue weighted by Gasteiger charge is -2.22.